The van der Waals surface area contributed by atoms with Crippen molar-refractivity contribution in [2.24, 2.45) is 5.92 Å². The minimum Gasteiger partial charge on any atom is -0.378 e. The Bertz CT molecular complexity index is 736. The number of amides is 2. The molecule has 7 nitrogen and oxygen atoms in total. The van der Waals surface area contributed by atoms with Crippen LogP contribution in [-0.4, -0.2) is 70.4 Å². The molecule has 8 heteroatoms. The number of piperidine rings is 1. The van der Waals surface area contributed by atoms with Gasteiger partial charge >= 0.3 is 0 Å². The lowest BCUT2D eigenvalue weighted by atomic mass is 9.96. The SMILES string of the molecule is O=C(Cc1cn2ccsc2n1)N1CCC[C@@H](C(=O)N2CCOCC2)C1. The van der Waals surface area contributed by atoms with Crippen molar-refractivity contribution in [3.63, 3.8) is 0 Å². The molecule has 2 aliphatic heterocycles. The summed E-state index contributed by atoms with van der Waals surface area (Å²) in [6.45, 7) is 3.80. The predicted molar refractivity (Wildman–Crippen MR) is 93.5 cm³/mol. The third-order valence-electron chi connectivity index (χ3n) is 4.92. The van der Waals surface area contributed by atoms with Gasteiger partial charge in [-0.2, -0.15) is 0 Å². The normalized spacial score (nSPS) is 21.7. The van der Waals surface area contributed by atoms with Gasteiger partial charge < -0.3 is 14.5 Å². The summed E-state index contributed by atoms with van der Waals surface area (Å²) in [6.07, 6.45) is 5.89. The van der Waals surface area contributed by atoms with E-state index >= 15 is 0 Å². The summed E-state index contributed by atoms with van der Waals surface area (Å²) in [5.74, 6) is 0.148. The number of hydrogen-bond donors (Lipinski definition) is 0. The molecule has 1 atom stereocenters. The number of rotatable bonds is 3. The number of ether oxygens (including phenoxy) is 1. The van der Waals surface area contributed by atoms with E-state index in [0.29, 0.717) is 39.3 Å². The van der Waals surface area contributed by atoms with Crippen molar-refractivity contribution >= 4 is 28.1 Å². The Morgan fingerprint density at radius 3 is 2.88 bits per heavy atom. The van der Waals surface area contributed by atoms with E-state index in [4.69, 9.17) is 4.74 Å². The van der Waals surface area contributed by atoms with Crippen LogP contribution in [0.1, 0.15) is 18.5 Å². The summed E-state index contributed by atoms with van der Waals surface area (Å²) in [5.41, 5.74) is 0.790. The van der Waals surface area contributed by atoms with Crippen LogP contribution in [0.4, 0.5) is 0 Å². The Morgan fingerprint density at radius 2 is 2.08 bits per heavy atom. The fraction of sp³-hybridized carbons (Fsp3) is 0.588. The number of carbonyl (C=O) groups excluding carboxylic acids is 2. The van der Waals surface area contributed by atoms with Gasteiger partial charge in [0.2, 0.25) is 11.8 Å². The van der Waals surface area contributed by atoms with Crippen LogP contribution in [0.15, 0.2) is 17.8 Å². The van der Waals surface area contributed by atoms with Crippen LogP contribution in [0, 0.1) is 5.92 Å². The highest BCUT2D eigenvalue weighted by molar-refractivity contribution is 7.15. The van der Waals surface area contributed by atoms with Crippen molar-refractivity contribution in [2.75, 3.05) is 39.4 Å². The lowest BCUT2D eigenvalue weighted by molar-refractivity contribution is -0.143. The Kier molecular flexibility index (Phi) is 4.72. The second-order valence-electron chi connectivity index (χ2n) is 6.62. The van der Waals surface area contributed by atoms with Crippen LogP contribution in [0.5, 0.6) is 0 Å². The maximum absolute atomic E-state index is 12.7. The molecule has 2 aromatic heterocycles. The first-order valence-corrected chi connectivity index (χ1v) is 9.64. The van der Waals surface area contributed by atoms with Crippen molar-refractivity contribution in [3.8, 4) is 0 Å². The van der Waals surface area contributed by atoms with Crippen LogP contribution < -0.4 is 0 Å². The summed E-state index contributed by atoms with van der Waals surface area (Å²) in [6, 6.07) is 0. The van der Waals surface area contributed by atoms with Gasteiger partial charge in [0.25, 0.3) is 0 Å². The minimum atomic E-state index is -0.0821. The molecular weight excluding hydrogens is 340 g/mol. The molecule has 0 N–H and O–H groups in total. The number of fused-ring (bicyclic) bond motifs is 1. The first kappa shape index (κ1) is 16.5. The predicted octanol–water partition coefficient (Wildman–Crippen LogP) is 1.04. The van der Waals surface area contributed by atoms with Crippen LogP contribution in [0.25, 0.3) is 4.96 Å². The van der Waals surface area contributed by atoms with Gasteiger partial charge in [-0.15, -0.1) is 11.3 Å². The van der Waals surface area contributed by atoms with Crippen molar-refractivity contribution in [3.05, 3.63) is 23.5 Å². The van der Waals surface area contributed by atoms with E-state index in [9.17, 15) is 9.59 Å². The smallest absolute Gasteiger partial charge is 0.228 e. The van der Waals surface area contributed by atoms with Gasteiger partial charge in [-0.1, -0.05) is 0 Å². The van der Waals surface area contributed by atoms with E-state index in [1.165, 1.54) is 0 Å². The molecule has 0 saturated carbocycles. The molecule has 2 aliphatic rings. The maximum atomic E-state index is 12.7. The van der Waals surface area contributed by atoms with E-state index in [0.717, 1.165) is 30.0 Å². The number of imidazole rings is 1. The van der Waals surface area contributed by atoms with Gasteiger partial charge in [-0.05, 0) is 12.8 Å². The summed E-state index contributed by atoms with van der Waals surface area (Å²) in [4.78, 5) is 34.4. The molecular formula is C17H22N4O3S. The quantitative estimate of drug-likeness (QED) is 0.818. The average molecular weight is 362 g/mol. The molecule has 0 aromatic carbocycles. The molecule has 25 heavy (non-hydrogen) atoms. The molecule has 2 saturated heterocycles. The number of morpholine rings is 1. The highest BCUT2D eigenvalue weighted by atomic mass is 32.1. The fourth-order valence-corrected chi connectivity index (χ4v) is 4.29. The lowest BCUT2D eigenvalue weighted by Crippen LogP contribution is -2.49. The number of nitrogens with zero attached hydrogens (tertiary/aromatic N) is 4. The van der Waals surface area contributed by atoms with Crippen molar-refractivity contribution in [1.82, 2.24) is 19.2 Å². The van der Waals surface area contributed by atoms with Gasteiger partial charge in [0, 0.05) is 44.0 Å². The Morgan fingerprint density at radius 1 is 1.24 bits per heavy atom. The molecule has 2 aromatic rings. The molecule has 0 unspecified atom stereocenters. The standard InChI is InChI=1S/C17H22N4O3S/c22-15(10-14-12-21-6-9-25-17(21)18-14)20-3-1-2-13(11-20)16(23)19-4-7-24-8-5-19/h6,9,12-13H,1-5,7-8,10-11H2/t13-/m1/s1. The Labute approximate surface area is 150 Å². The topological polar surface area (TPSA) is 67.2 Å². The van der Waals surface area contributed by atoms with Crippen molar-refractivity contribution < 1.29 is 14.3 Å². The second kappa shape index (κ2) is 7.13. The molecule has 0 spiro atoms. The third-order valence-corrected chi connectivity index (χ3v) is 5.69. The molecule has 0 bridgehead atoms. The van der Waals surface area contributed by atoms with Gasteiger partial charge in [-0.3, -0.25) is 14.0 Å². The third kappa shape index (κ3) is 3.55. The van der Waals surface area contributed by atoms with Crippen molar-refractivity contribution in [2.45, 2.75) is 19.3 Å². The zero-order valence-corrected chi connectivity index (χ0v) is 14.9. The van der Waals surface area contributed by atoms with E-state index < -0.39 is 0 Å². The molecule has 134 valence electrons. The van der Waals surface area contributed by atoms with Crippen LogP contribution in [-0.2, 0) is 20.7 Å². The number of hydrogen-bond acceptors (Lipinski definition) is 5. The van der Waals surface area contributed by atoms with E-state index in [-0.39, 0.29) is 17.7 Å². The first-order chi connectivity index (χ1) is 12.2. The zero-order valence-electron chi connectivity index (χ0n) is 14.1. The summed E-state index contributed by atoms with van der Waals surface area (Å²) in [5, 5.41) is 1.97. The molecule has 4 heterocycles. The average Bonchev–Trinajstić information content (AvgIpc) is 3.23. The van der Waals surface area contributed by atoms with Crippen LogP contribution >= 0.6 is 11.3 Å². The summed E-state index contributed by atoms with van der Waals surface area (Å²) >= 11 is 1.56. The van der Waals surface area contributed by atoms with Crippen LogP contribution in [0.3, 0.4) is 0 Å². The largest absolute Gasteiger partial charge is 0.378 e. The van der Waals surface area contributed by atoms with Gasteiger partial charge in [0.1, 0.15) is 0 Å². The fourth-order valence-electron chi connectivity index (χ4n) is 3.58. The Balaban J connectivity index is 1.37. The van der Waals surface area contributed by atoms with Gasteiger partial charge in [0.05, 0.1) is 31.2 Å². The molecule has 2 amide bonds. The van der Waals surface area contributed by atoms with Gasteiger partial charge in [0.15, 0.2) is 4.96 Å². The number of likely N-dealkylation sites (tertiary alicyclic amines) is 1. The first-order valence-electron chi connectivity index (χ1n) is 8.76. The Hall–Kier alpha value is -1.93. The van der Waals surface area contributed by atoms with E-state index in [1.807, 2.05) is 32.0 Å². The summed E-state index contributed by atoms with van der Waals surface area (Å²) < 4.78 is 7.25. The minimum absolute atomic E-state index is 0.0604. The van der Waals surface area contributed by atoms with E-state index in [2.05, 4.69) is 4.98 Å². The molecule has 2 fully saturated rings. The van der Waals surface area contributed by atoms with E-state index in [1.54, 1.807) is 11.3 Å². The van der Waals surface area contributed by atoms with Crippen molar-refractivity contribution in [1.29, 1.82) is 0 Å². The van der Waals surface area contributed by atoms with Gasteiger partial charge in [-0.25, -0.2) is 4.98 Å². The second-order valence-corrected chi connectivity index (χ2v) is 7.49. The molecule has 0 radical (unpaired) electrons. The maximum Gasteiger partial charge on any atom is 0.228 e. The number of thiazole rings is 1. The zero-order chi connectivity index (χ0) is 17.2. The molecule has 0 aliphatic carbocycles. The monoisotopic (exact) mass is 362 g/mol. The summed E-state index contributed by atoms with van der Waals surface area (Å²) in [7, 11) is 0. The highest BCUT2D eigenvalue weighted by Gasteiger charge is 2.32. The van der Waals surface area contributed by atoms with Crippen LogP contribution in [0.2, 0.25) is 0 Å². The number of aromatic nitrogens is 2. The number of carbonyl (C=O) groups is 2. The highest BCUT2D eigenvalue weighted by Crippen LogP contribution is 2.21. The molecule has 4 rings (SSSR count). The lowest BCUT2D eigenvalue weighted by Gasteiger charge is -2.36.